The maximum atomic E-state index is 13.9. The van der Waals surface area contributed by atoms with Crippen LogP contribution >= 0.6 is 0 Å². The fourth-order valence-corrected chi connectivity index (χ4v) is 2.38. The molecule has 18 heavy (non-hydrogen) atoms. The number of carboxylic acids is 1. The predicted octanol–water partition coefficient (Wildman–Crippen LogP) is 2.44. The molecule has 2 rings (SSSR count). The van der Waals surface area contributed by atoms with Crippen molar-refractivity contribution in [2.24, 2.45) is 0 Å². The van der Waals surface area contributed by atoms with Gasteiger partial charge in [0.05, 0.1) is 18.0 Å². The minimum Gasteiger partial charge on any atom is -0.478 e. The van der Waals surface area contributed by atoms with Crippen LogP contribution in [0.4, 0.5) is 8.78 Å². The second kappa shape index (κ2) is 4.65. The number of carbonyl (C=O) groups is 1. The first-order valence-corrected chi connectivity index (χ1v) is 5.80. The van der Waals surface area contributed by atoms with E-state index in [1.54, 1.807) is 11.9 Å². The lowest BCUT2D eigenvalue weighted by Gasteiger charge is -2.36. The number of hydrogen-bond acceptors (Lipinski definition) is 2. The summed E-state index contributed by atoms with van der Waals surface area (Å²) in [6, 6.07) is 5.75. The Hall–Kier alpha value is -1.49. The van der Waals surface area contributed by atoms with E-state index >= 15 is 0 Å². The molecular weight excluding hydrogens is 240 g/mol. The Kier molecular flexibility index (Phi) is 3.34. The molecule has 0 bridgehead atoms. The summed E-state index contributed by atoms with van der Waals surface area (Å²) in [6.07, 6.45) is 0.385. The molecule has 1 aliphatic rings. The summed E-state index contributed by atoms with van der Waals surface area (Å²) in [5.74, 6) is -4.63. The zero-order chi connectivity index (χ0) is 13.3. The molecule has 1 saturated heterocycles. The molecule has 98 valence electrons. The smallest absolute Gasteiger partial charge is 0.335 e. The molecule has 1 unspecified atom stereocenters. The van der Waals surface area contributed by atoms with Gasteiger partial charge in [0, 0.05) is 0 Å². The van der Waals surface area contributed by atoms with Gasteiger partial charge in [0.2, 0.25) is 0 Å². The molecule has 0 spiro atoms. The molecule has 1 fully saturated rings. The molecular formula is C13H15F2NO2. The van der Waals surface area contributed by atoms with Gasteiger partial charge in [0.15, 0.2) is 0 Å². The zero-order valence-electron chi connectivity index (χ0n) is 10.1. The molecule has 0 radical (unpaired) electrons. The number of carboxylic acid groups (broad SMARTS) is 1. The highest BCUT2D eigenvalue weighted by Crippen LogP contribution is 2.39. The molecule has 0 aliphatic carbocycles. The number of halogens is 2. The lowest BCUT2D eigenvalue weighted by Crippen LogP contribution is -2.45. The van der Waals surface area contributed by atoms with Gasteiger partial charge in [-0.25, -0.2) is 13.6 Å². The third-order valence-corrected chi connectivity index (χ3v) is 3.35. The summed E-state index contributed by atoms with van der Waals surface area (Å²) >= 11 is 0. The van der Waals surface area contributed by atoms with Crippen molar-refractivity contribution in [1.82, 2.24) is 4.90 Å². The fourth-order valence-electron chi connectivity index (χ4n) is 2.38. The first-order chi connectivity index (χ1) is 8.40. The van der Waals surface area contributed by atoms with E-state index < -0.39 is 17.8 Å². The van der Waals surface area contributed by atoms with Gasteiger partial charge in [-0.2, -0.15) is 0 Å². The summed E-state index contributed by atoms with van der Waals surface area (Å²) in [5, 5.41) is 8.77. The van der Waals surface area contributed by atoms with Crippen molar-refractivity contribution in [1.29, 1.82) is 0 Å². The number of alkyl halides is 2. The molecule has 0 aromatic heterocycles. The van der Waals surface area contributed by atoms with Crippen molar-refractivity contribution < 1.29 is 18.7 Å². The minimum atomic E-state index is -2.77. The largest absolute Gasteiger partial charge is 0.478 e. The summed E-state index contributed by atoms with van der Waals surface area (Å²) in [6.45, 7) is 0.374. The maximum Gasteiger partial charge on any atom is 0.335 e. The van der Waals surface area contributed by atoms with Gasteiger partial charge in [-0.15, -0.1) is 0 Å². The Labute approximate surface area is 104 Å². The lowest BCUT2D eigenvalue weighted by atomic mass is 9.86. The number of piperidine rings is 1. The number of nitrogens with zero attached hydrogens (tertiary/aromatic N) is 1. The lowest BCUT2D eigenvalue weighted by molar-refractivity contribution is -0.0765. The molecule has 1 aromatic carbocycles. The number of hydrogen-bond donors (Lipinski definition) is 1. The molecule has 0 saturated carbocycles. The molecule has 5 heteroatoms. The monoisotopic (exact) mass is 255 g/mol. The molecule has 1 heterocycles. The van der Waals surface area contributed by atoms with Gasteiger partial charge < -0.3 is 10.0 Å². The van der Waals surface area contributed by atoms with Crippen LogP contribution in [0.5, 0.6) is 0 Å². The average Bonchev–Trinajstić information content (AvgIpc) is 2.28. The van der Waals surface area contributed by atoms with Crippen molar-refractivity contribution in [3.8, 4) is 0 Å². The highest BCUT2D eigenvalue weighted by atomic mass is 19.3. The van der Waals surface area contributed by atoms with Gasteiger partial charge in [0.25, 0.3) is 5.92 Å². The van der Waals surface area contributed by atoms with Crippen LogP contribution in [0.25, 0.3) is 0 Å². The van der Waals surface area contributed by atoms with E-state index in [2.05, 4.69) is 0 Å². The Balaban J connectivity index is 2.23. The Morgan fingerprint density at radius 2 is 2.00 bits per heavy atom. The first kappa shape index (κ1) is 13.0. The third kappa shape index (κ3) is 2.51. The van der Waals surface area contributed by atoms with Gasteiger partial charge in [-0.05, 0) is 37.7 Å². The van der Waals surface area contributed by atoms with Crippen molar-refractivity contribution in [2.75, 3.05) is 20.1 Å². The Morgan fingerprint density at radius 1 is 1.39 bits per heavy atom. The van der Waals surface area contributed by atoms with Crippen LogP contribution in [-0.4, -0.2) is 42.0 Å². The normalized spacial score (nSPS) is 23.8. The quantitative estimate of drug-likeness (QED) is 0.882. The van der Waals surface area contributed by atoms with E-state index in [1.807, 2.05) is 0 Å². The molecule has 3 nitrogen and oxygen atoms in total. The van der Waals surface area contributed by atoms with E-state index in [0.29, 0.717) is 18.5 Å². The van der Waals surface area contributed by atoms with Gasteiger partial charge in [-0.1, -0.05) is 12.1 Å². The molecule has 1 aliphatic heterocycles. The topological polar surface area (TPSA) is 40.5 Å². The second-order valence-corrected chi connectivity index (χ2v) is 4.77. The van der Waals surface area contributed by atoms with Crippen LogP contribution in [0, 0.1) is 0 Å². The van der Waals surface area contributed by atoms with Crippen molar-refractivity contribution >= 4 is 5.97 Å². The average molecular weight is 255 g/mol. The number of rotatable bonds is 2. The first-order valence-electron chi connectivity index (χ1n) is 5.80. The molecule has 1 N–H and O–H groups in total. The molecule has 1 aromatic rings. The molecule has 1 atom stereocenters. The van der Waals surface area contributed by atoms with Crippen molar-refractivity contribution in [2.45, 2.75) is 18.3 Å². The van der Waals surface area contributed by atoms with E-state index in [-0.39, 0.29) is 12.1 Å². The Morgan fingerprint density at radius 3 is 2.50 bits per heavy atom. The summed E-state index contributed by atoms with van der Waals surface area (Å²) < 4.78 is 27.8. The number of likely N-dealkylation sites (tertiary alicyclic amines) is 1. The van der Waals surface area contributed by atoms with E-state index in [0.717, 1.165) is 0 Å². The fraction of sp³-hybridized carbons (Fsp3) is 0.462. The highest BCUT2D eigenvalue weighted by Gasteiger charge is 2.44. The predicted molar refractivity (Wildman–Crippen MR) is 63.2 cm³/mol. The van der Waals surface area contributed by atoms with Crippen LogP contribution in [0.1, 0.15) is 28.3 Å². The van der Waals surface area contributed by atoms with Crippen LogP contribution in [-0.2, 0) is 0 Å². The summed E-state index contributed by atoms with van der Waals surface area (Å²) in [4.78, 5) is 12.3. The maximum absolute atomic E-state index is 13.9. The summed E-state index contributed by atoms with van der Waals surface area (Å²) in [5.41, 5.74) is 0.632. The summed E-state index contributed by atoms with van der Waals surface area (Å²) in [7, 11) is 1.68. The van der Waals surface area contributed by atoms with E-state index in [1.165, 1.54) is 24.3 Å². The number of aromatic carboxylic acids is 1. The second-order valence-electron chi connectivity index (χ2n) is 4.77. The SMILES string of the molecule is CN1CCC(c2ccc(C(=O)O)cc2)C(F)(F)C1. The van der Waals surface area contributed by atoms with Gasteiger partial charge in [0.1, 0.15) is 0 Å². The standard InChI is InChI=1S/C13H15F2NO2/c1-16-7-6-11(13(14,15)8-16)9-2-4-10(5-3-9)12(17)18/h2-5,11H,6-8H2,1H3,(H,17,18). The van der Waals surface area contributed by atoms with E-state index in [4.69, 9.17) is 5.11 Å². The highest BCUT2D eigenvalue weighted by molar-refractivity contribution is 5.87. The minimum absolute atomic E-state index is 0.120. The Bertz CT molecular complexity index is 445. The van der Waals surface area contributed by atoms with E-state index in [9.17, 15) is 13.6 Å². The van der Waals surface area contributed by atoms with Crippen LogP contribution < -0.4 is 0 Å². The third-order valence-electron chi connectivity index (χ3n) is 3.35. The van der Waals surface area contributed by atoms with Crippen LogP contribution in [0.2, 0.25) is 0 Å². The zero-order valence-corrected chi connectivity index (χ0v) is 10.1. The number of benzene rings is 1. The van der Waals surface area contributed by atoms with Gasteiger partial charge in [-0.3, -0.25) is 0 Å². The molecule has 0 amide bonds. The van der Waals surface area contributed by atoms with Crippen LogP contribution in [0.15, 0.2) is 24.3 Å². The van der Waals surface area contributed by atoms with Crippen LogP contribution in [0.3, 0.4) is 0 Å². The van der Waals surface area contributed by atoms with Gasteiger partial charge >= 0.3 is 5.97 Å². The van der Waals surface area contributed by atoms with Crippen molar-refractivity contribution in [3.05, 3.63) is 35.4 Å². The van der Waals surface area contributed by atoms with Crippen molar-refractivity contribution in [3.63, 3.8) is 0 Å².